The largest absolute Gasteiger partial charge is 0.493 e. The van der Waals surface area contributed by atoms with Gasteiger partial charge in [-0.2, -0.15) is 0 Å². The Hall–Kier alpha value is -2.73. The molecular formula is C22H23NO4S. The van der Waals surface area contributed by atoms with Crippen molar-refractivity contribution in [1.82, 2.24) is 0 Å². The molecule has 1 heterocycles. The van der Waals surface area contributed by atoms with E-state index in [-0.39, 0.29) is 11.1 Å². The lowest BCUT2D eigenvalue weighted by atomic mass is 10.1. The molecule has 0 atom stereocenters. The molecule has 1 aliphatic heterocycles. The number of amides is 2. The molecule has 0 N–H and O–H groups in total. The van der Waals surface area contributed by atoms with Crippen LogP contribution in [0, 0.1) is 6.92 Å². The van der Waals surface area contributed by atoms with Crippen LogP contribution in [0.3, 0.4) is 0 Å². The number of carbonyl (C=O) groups is 2. The van der Waals surface area contributed by atoms with Crippen molar-refractivity contribution in [3.05, 3.63) is 58.5 Å². The van der Waals surface area contributed by atoms with Gasteiger partial charge in [0, 0.05) is 0 Å². The van der Waals surface area contributed by atoms with Crippen molar-refractivity contribution in [2.45, 2.75) is 26.7 Å². The summed E-state index contributed by atoms with van der Waals surface area (Å²) in [5.74, 6) is 0.951. The molecule has 6 heteroatoms. The van der Waals surface area contributed by atoms with Gasteiger partial charge in [0.2, 0.25) is 0 Å². The third-order valence-electron chi connectivity index (χ3n) is 4.29. The van der Waals surface area contributed by atoms with Crippen LogP contribution in [0.4, 0.5) is 10.5 Å². The van der Waals surface area contributed by atoms with Gasteiger partial charge in [-0.05, 0) is 66.6 Å². The van der Waals surface area contributed by atoms with Crippen molar-refractivity contribution >= 4 is 34.7 Å². The van der Waals surface area contributed by atoms with E-state index in [1.165, 1.54) is 4.90 Å². The number of hydrogen-bond donors (Lipinski definition) is 0. The van der Waals surface area contributed by atoms with Crippen LogP contribution in [0.1, 0.15) is 30.9 Å². The highest BCUT2D eigenvalue weighted by atomic mass is 32.2. The van der Waals surface area contributed by atoms with Crippen molar-refractivity contribution in [2.24, 2.45) is 0 Å². The molecule has 146 valence electrons. The second kappa shape index (κ2) is 8.97. The minimum Gasteiger partial charge on any atom is -0.493 e. The van der Waals surface area contributed by atoms with Crippen LogP contribution in [0.15, 0.2) is 47.4 Å². The van der Waals surface area contributed by atoms with Crippen molar-refractivity contribution in [3.63, 3.8) is 0 Å². The van der Waals surface area contributed by atoms with Gasteiger partial charge in [0.05, 0.1) is 24.3 Å². The van der Waals surface area contributed by atoms with E-state index >= 15 is 0 Å². The van der Waals surface area contributed by atoms with Gasteiger partial charge in [-0.15, -0.1) is 0 Å². The topological polar surface area (TPSA) is 55.8 Å². The molecule has 1 saturated heterocycles. The minimum atomic E-state index is -0.317. The number of unbranched alkanes of at least 4 members (excludes halogenated alkanes) is 1. The Kier molecular flexibility index (Phi) is 6.41. The monoisotopic (exact) mass is 397 g/mol. The second-order valence-electron chi connectivity index (χ2n) is 6.47. The Morgan fingerprint density at radius 3 is 2.64 bits per heavy atom. The maximum Gasteiger partial charge on any atom is 0.298 e. The highest BCUT2D eigenvalue weighted by molar-refractivity contribution is 8.19. The predicted molar refractivity (Wildman–Crippen MR) is 113 cm³/mol. The van der Waals surface area contributed by atoms with Crippen molar-refractivity contribution in [3.8, 4) is 11.5 Å². The number of rotatable bonds is 7. The van der Waals surface area contributed by atoms with Crippen molar-refractivity contribution in [1.29, 1.82) is 0 Å². The Morgan fingerprint density at radius 2 is 1.93 bits per heavy atom. The average Bonchev–Trinajstić information content (AvgIpc) is 2.96. The summed E-state index contributed by atoms with van der Waals surface area (Å²) in [6.07, 6.45) is 3.73. The lowest BCUT2D eigenvalue weighted by Crippen LogP contribution is -2.27. The fourth-order valence-corrected chi connectivity index (χ4v) is 3.67. The molecule has 2 aromatic rings. The summed E-state index contributed by atoms with van der Waals surface area (Å²) in [7, 11) is 1.58. The van der Waals surface area contributed by atoms with E-state index in [1.54, 1.807) is 19.3 Å². The molecule has 0 radical (unpaired) electrons. The summed E-state index contributed by atoms with van der Waals surface area (Å²) in [5, 5.41) is -0.298. The van der Waals surface area contributed by atoms with Gasteiger partial charge in [0.15, 0.2) is 11.5 Å². The summed E-state index contributed by atoms with van der Waals surface area (Å²) in [6.45, 7) is 4.66. The zero-order valence-corrected chi connectivity index (χ0v) is 17.0. The smallest absolute Gasteiger partial charge is 0.298 e. The van der Waals surface area contributed by atoms with Crippen LogP contribution in [-0.4, -0.2) is 24.9 Å². The highest BCUT2D eigenvalue weighted by Gasteiger charge is 2.36. The van der Waals surface area contributed by atoms with Crippen LogP contribution in [0.25, 0.3) is 6.08 Å². The molecule has 2 aromatic carbocycles. The molecule has 0 aliphatic carbocycles. The number of methoxy groups -OCH3 is 1. The third kappa shape index (κ3) is 4.39. The van der Waals surface area contributed by atoms with E-state index in [0.29, 0.717) is 28.7 Å². The average molecular weight is 397 g/mol. The molecule has 5 nitrogen and oxygen atoms in total. The van der Waals surface area contributed by atoms with Gasteiger partial charge in [0.1, 0.15) is 0 Å². The fraction of sp³-hybridized carbons (Fsp3) is 0.273. The SMILES string of the molecule is CCCCOc1ccc(C=C2SC(=O)N(c3cccc(C)c3)C2=O)cc1OC. The lowest BCUT2D eigenvalue weighted by molar-refractivity contribution is -0.113. The van der Waals surface area contributed by atoms with Crippen molar-refractivity contribution < 1.29 is 19.1 Å². The number of ether oxygens (including phenoxy) is 2. The molecule has 28 heavy (non-hydrogen) atoms. The first-order valence-electron chi connectivity index (χ1n) is 9.19. The summed E-state index contributed by atoms with van der Waals surface area (Å²) in [6, 6.07) is 12.8. The number of carbonyl (C=O) groups excluding carboxylic acids is 2. The summed E-state index contributed by atoms with van der Waals surface area (Å²) in [5.41, 5.74) is 2.35. The summed E-state index contributed by atoms with van der Waals surface area (Å²) in [4.78, 5) is 26.8. The van der Waals surface area contributed by atoms with Crippen LogP contribution in [-0.2, 0) is 4.79 Å². The number of anilines is 1. The fourth-order valence-electron chi connectivity index (χ4n) is 2.83. The Morgan fingerprint density at radius 1 is 1.11 bits per heavy atom. The lowest BCUT2D eigenvalue weighted by Gasteiger charge is -2.13. The molecule has 1 fully saturated rings. The van der Waals surface area contributed by atoms with E-state index in [1.807, 2.05) is 43.3 Å². The Balaban J connectivity index is 1.83. The second-order valence-corrected chi connectivity index (χ2v) is 7.46. The zero-order valence-electron chi connectivity index (χ0n) is 16.2. The van der Waals surface area contributed by atoms with Gasteiger partial charge in [-0.25, -0.2) is 4.90 Å². The molecule has 0 aromatic heterocycles. The van der Waals surface area contributed by atoms with Crippen molar-refractivity contribution in [2.75, 3.05) is 18.6 Å². The van der Waals surface area contributed by atoms with Crippen LogP contribution >= 0.6 is 11.8 Å². The zero-order chi connectivity index (χ0) is 20.1. The predicted octanol–water partition coefficient (Wildman–Crippen LogP) is 5.42. The number of imide groups is 1. The van der Waals surface area contributed by atoms with E-state index in [9.17, 15) is 9.59 Å². The van der Waals surface area contributed by atoms with Gasteiger partial charge >= 0.3 is 0 Å². The molecule has 2 amide bonds. The minimum absolute atomic E-state index is 0.298. The van der Waals surface area contributed by atoms with Crippen LogP contribution < -0.4 is 14.4 Å². The first-order chi connectivity index (χ1) is 13.5. The first-order valence-corrected chi connectivity index (χ1v) is 10.0. The van der Waals surface area contributed by atoms with E-state index in [0.717, 1.165) is 35.7 Å². The number of nitrogens with zero attached hydrogens (tertiary/aromatic N) is 1. The summed E-state index contributed by atoms with van der Waals surface area (Å²) >= 11 is 0.938. The number of thioether (sulfide) groups is 1. The molecule has 0 spiro atoms. The first kappa shape index (κ1) is 20.0. The van der Waals surface area contributed by atoms with Gasteiger partial charge in [-0.3, -0.25) is 9.59 Å². The number of benzene rings is 2. The Labute approximate surface area is 169 Å². The highest BCUT2D eigenvalue weighted by Crippen LogP contribution is 2.37. The van der Waals surface area contributed by atoms with E-state index in [2.05, 4.69) is 6.92 Å². The van der Waals surface area contributed by atoms with Crippen LogP contribution in [0.2, 0.25) is 0 Å². The van der Waals surface area contributed by atoms with Gasteiger partial charge in [-0.1, -0.05) is 31.5 Å². The van der Waals surface area contributed by atoms with Crippen LogP contribution in [0.5, 0.6) is 11.5 Å². The Bertz CT molecular complexity index is 923. The molecule has 0 bridgehead atoms. The molecule has 0 unspecified atom stereocenters. The normalized spacial score (nSPS) is 15.4. The molecular weight excluding hydrogens is 374 g/mol. The van der Waals surface area contributed by atoms with E-state index in [4.69, 9.17) is 9.47 Å². The maximum atomic E-state index is 12.8. The van der Waals surface area contributed by atoms with Gasteiger partial charge < -0.3 is 9.47 Å². The van der Waals surface area contributed by atoms with Gasteiger partial charge in [0.25, 0.3) is 11.1 Å². The quantitative estimate of drug-likeness (QED) is 0.461. The summed E-state index contributed by atoms with van der Waals surface area (Å²) < 4.78 is 11.1. The number of hydrogen-bond acceptors (Lipinski definition) is 5. The molecule has 0 saturated carbocycles. The van der Waals surface area contributed by atoms with E-state index < -0.39 is 0 Å². The molecule has 1 aliphatic rings. The third-order valence-corrected chi connectivity index (χ3v) is 5.16. The number of aryl methyl sites for hydroxylation is 1. The standard InChI is InChI=1S/C22H23NO4S/c1-4-5-11-27-18-10-9-16(13-19(18)26-3)14-20-21(24)23(22(25)28-20)17-8-6-7-15(2)12-17/h6-10,12-14H,4-5,11H2,1-3H3. The molecule has 3 rings (SSSR count). The maximum absolute atomic E-state index is 12.8.